The van der Waals surface area contributed by atoms with Crippen molar-refractivity contribution in [1.82, 2.24) is 9.97 Å². The summed E-state index contributed by atoms with van der Waals surface area (Å²) in [4.78, 5) is 7.07. The Balaban J connectivity index is 2.96. The molecule has 2 heterocycles. The van der Waals surface area contributed by atoms with E-state index in [9.17, 15) is 0 Å². The van der Waals surface area contributed by atoms with Crippen LogP contribution in [0.1, 0.15) is 5.56 Å². The molecule has 2 aromatic rings. The molecule has 0 aromatic carbocycles. The molecule has 0 radical (unpaired) electrons. The van der Waals surface area contributed by atoms with Gasteiger partial charge in [-0.3, -0.25) is 0 Å². The standard InChI is InChI=1S/C8H9N3/c1-5-4-11-8(9)7-6(5)2-3-10-7/h2-4,10H,1H3,(H2,9,11). The summed E-state index contributed by atoms with van der Waals surface area (Å²) in [5, 5.41) is 1.15. The summed E-state index contributed by atoms with van der Waals surface area (Å²) >= 11 is 0. The highest BCUT2D eigenvalue weighted by Crippen LogP contribution is 2.19. The van der Waals surface area contributed by atoms with Crippen LogP contribution in [0.2, 0.25) is 0 Å². The Labute approximate surface area is 64.2 Å². The van der Waals surface area contributed by atoms with Crippen molar-refractivity contribution in [3.05, 3.63) is 24.0 Å². The minimum atomic E-state index is 0.565. The lowest BCUT2D eigenvalue weighted by Gasteiger charge is -1.97. The smallest absolute Gasteiger partial charge is 0.147 e. The van der Waals surface area contributed by atoms with Crippen LogP contribution in [0.4, 0.5) is 5.82 Å². The van der Waals surface area contributed by atoms with Gasteiger partial charge in [0.15, 0.2) is 0 Å². The number of hydrogen-bond donors (Lipinski definition) is 2. The van der Waals surface area contributed by atoms with E-state index in [1.165, 1.54) is 0 Å². The van der Waals surface area contributed by atoms with Crippen LogP contribution in [0.25, 0.3) is 10.9 Å². The predicted octanol–water partition coefficient (Wildman–Crippen LogP) is 1.45. The molecule has 0 saturated heterocycles. The fourth-order valence-corrected chi connectivity index (χ4v) is 1.21. The molecule has 3 N–H and O–H groups in total. The maximum Gasteiger partial charge on any atom is 0.147 e. The van der Waals surface area contributed by atoms with Gasteiger partial charge in [0.1, 0.15) is 5.82 Å². The van der Waals surface area contributed by atoms with Gasteiger partial charge in [0.25, 0.3) is 0 Å². The largest absolute Gasteiger partial charge is 0.382 e. The number of aromatic amines is 1. The van der Waals surface area contributed by atoms with Gasteiger partial charge >= 0.3 is 0 Å². The SMILES string of the molecule is Cc1cnc(N)c2[nH]ccc12. The van der Waals surface area contributed by atoms with Crippen LogP contribution in [-0.2, 0) is 0 Å². The number of aryl methyl sites for hydroxylation is 1. The monoisotopic (exact) mass is 147 g/mol. The second-order valence-electron chi connectivity index (χ2n) is 2.59. The van der Waals surface area contributed by atoms with Crippen LogP contribution in [0.5, 0.6) is 0 Å². The fraction of sp³-hybridized carbons (Fsp3) is 0.125. The topological polar surface area (TPSA) is 54.7 Å². The number of nitrogens with zero attached hydrogens (tertiary/aromatic N) is 1. The van der Waals surface area contributed by atoms with Crippen LogP contribution < -0.4 is 5.73 Å². The molecule has 0 unspecified atom stereocenters. The van der Waals surface area contributed by atoms with Crippen LogP contribution in [0.3, 0.4) is 0 Å². The highest BCUT2D eigenvalue weighted by Gasteiger charge is 2.01. The first-order valence-corrected chi connectivity index (χ1v) is 3.47. The van der Waals surface area contributed by atoms with Crippen molar-refractivity contribution in [2.75, 3.05) is 5.73 Å². The van der Waals surface area contributed by atoms with E-state index in [0.717, 1.165) is 16.5 Å². The Morgan fingerprint density at radius 1 is 1.55 bits per heavy atom. The zero-order valence-electron chi connectivity index (χ0n) is 6.26. The van der Waals surface area contributed by atoms with E-state index in [1.807, 2.05) is 19.2 Å². The molecule has 0 saturated carbocycles. The zero-order chi connectivity index (χ0) is 7.84. The third-order valence-corrected chi connectivity index (χ3v) is 1.83. The number of nitrogens with one attached hydrogen (secondary N) is 1. The lowest BCUT2D eigenvalue weighted by Crippen LogP contribution is -1.91. The fourth-order valence-electron chi connectivity index (χ4n) is 1.21. The van der Waals surface area contributed by atoms with Gasteiger partial charge in [-0.05, 0) is 18.6 Å². The van der Waals surface area contributed by atoms with Gasteiger partial charge in [0.2, 0.25) is 0 Å². The summed E-state index contributed by atoms with van der Waals surface area (Å²) in [5.74, 6) is 0.565. The van der Waals surface area contributed by atoms with Crippen molar-refractivity contribution in [3.8, 4) is 0 Å². The molecule has 3 nitrogen and oxygen atoms in total. The first-order valence-electron chi connectivity index (χ1n) is 3.47. The van der Waals surface area contributed by atoms with Crippen LogP contribution >= 0.6 is 0 Å². The number of aromatic nitrogens is 2. The van der Waals surface area contributed by atoms with Crippen molar-refractivity contribution >= 4 is 16.7 Å². The summed E-state index contributed by atoms with van der Waals surface area (Å²) in [6.45, 7) is 2.02. The van der Waals surface area contributed by atoms with Crippen molar-refractivity contribution in [1.29, 1.82) is 0 Å². The highest BCUT2D eigenvalue weighted by molar-refractivity contribution is 5.89. The molecule has 0 atom stereocenters. The first-order chi connectivity index (χ1) is 5.29. The van der Waals surface area contributed by atoms with Gasteiger partial charge in [-0.2, -0.15) is 0 Å². The van der Waals surface area contributed by atoms with E-state index in [-0.39, 0.29) is 0 Å². The number of nitrogens with two attached hydrogens (primary N) is 1. The summed E-state index contributed by atoms with van der Waals surface area (Å²) in [7, 11) is 0. The minimum absolute atomic E-state index is 0.565. The number of H-pyrrole nitrogens is 1. The van der Waals surface area contributed by atoms with Crippen molar-refractivity contribution in [2.45, 2.75) is 6.92 Å². The quantitative estimate of drug-likeness (QED) is 0.592. The summed E-state index contributed by atoms with van der Waals surface area (Å²) < 4.78 is 0. The number of fused-ring (bicyclic) bond motifs is 1. The van der Waals surface area contributed by atoms with E-state index >= 15 is 0 Å². The average molecular weight is 147 g/mol. The van der Waals surface area contributed by atoms with Crippen LogP contribution in [-0.4, -0.2) is 9.97 Å². The molecule has 3 heteroatoms. The molecule has 2 rings (SSSR count). The summed E-state index contributed by atoms with van der Waals surface area (Å²) in [5.41, 5.74) is 7.71. The number of hydrogen-bond acceptors (Lipinski definition) is 2. The van der Waals surface area contributed by atoms with Gasteiger partial charge in [0, 0.05) is 17.8 Å². The van der Waals surface area contributed by atoms with Crippen LogP contribution in [0, 0.1) is 6.92 Å². The van der Waals surface area contributed by atoms with Crippen LogP contribution in [0.15, 0.2) is 18.5 Å². The Morgan fingerprint density at radius 2 is 2.36 bits per heavy atom. The summed E-state index contributed by atoms with van der Waals surface area (Å²) in [6, 6.07) is 2.00. The average Bonchev–Trinajstić information content (AvgIpc) is 2.45. The number of nitrogen functional groups attached to an aromatic ring is 1. The summed E-state index contributed by atoms with van der Waals surface area (Å²) in [6.07, 6.45) is 3.65. The molecule has 0 spiro atoms. The van der Waals surface area contributed by atoms with E-state index in [4.69, 9.17) is 5.73 Å². The molecular formula is C8H9N3. The number of pyridine rings is 1. The predicted molar refractivity (Wildman–Crippen MR) is 45.2 cm³/mol. The van der Waals surface area contributed by atoms with Gasteiger partial charge < -0.3 is 10.7 Å². The maximum atomic E-state index is 5.63. The Bertz CT molecular complexity index is 353. The third-order valence-electron chi connectivity index (χ3n) is 1.83. The molecular weight excluding hydrogens is 138 g/mol. The molecule has 0 amide bonds. The molecule has 0 bridgehead atoms. The number of rotatable bonds is 0. The Morgan fingerprint density at radius 3 is 3.09 bits per heavy atom. The molecule has 2 aromatic heterocycles. The van der Waals surface area contributed by atoms with Crippen molar-refractivity contribution < 1.29 is 0 Å². The molecule has 0 aliphatic carbocycles. The van der Waals surface area contributed by atoms with Gasteiger partial charge in [0.05, 0.1) is 5.52 Å². The van der Waals surface area contributed by atoms with E-state index in [0.29, 0.717) is 5.82 Å². The zero-order valence-corrected chi connectivity index (χ0v) is 6.26. The van der Waals surface area contributed by atoms with Crippen molar-refractivity contribution in [3.63, 3.8) is 0 Å². The van der Waals surface area contributed by atoms with Gasteiger partial charge in [-0.15, -0.1) is 0 Å². The Hall–Kier alpha value is -1.51. The highest BCUT2D eigenvalue weighted by atomic mass is 14.9. The first kappa shape index (κ1) is 6.22. The molecule has 0 fully saturated rings. The third kappa shape index (κ3) is 0.774. The number of anilines is 1. The van der Waals surface area contributed by atoms with E-state index in [2.05, 4.69) is 9.97 Å². The Kier molecular flexibility index (Phi) is 1.12. The second kappa shape index (κ2) is 1.99. The van der Waals surface area contributed by atoms with Gasteiger partial charge in [-0.1, -0.05) is 0 Å². The maximum absolute atomic E-state index is 5.63. The van der Waals surface area contributed by atoms with E-state index < -0.39 is 0 Å². The van der Waals surface area contributed by atoms with Gasteiger partial charge in [-0.25, -0.2) is 4.98 Å². The molecule has 0 aliphatic heterocycles. The molecule has 11 heavy (non-hydrogen) atoms. The van der Waals surface area contributed by atoms with Crippen molar-refractivity contribution in [2.24, 2.45) is 0 Å². The minimum Gasteiger partial charge on any atom is -0.382 e. The lowest BCUT2D eigenvalue weighted by molar-refractivity contribution is 1.30. The molecule has 56 valence electrons. The molecule has 0 aliphatic rings. The van der Waals surface area contributed by atoms with E-state index in [1.54, 1.807) is 6.20 Å². The normalized spacial score (nSPS) is 10.6. The second-order valence-corrected chi connectivity index (χ2v) is 2.59. The lowest BCUT2D eigenvalue weighted by atomic mass is 10.2.